The third-order valence-corrected chi connectivity index (χ3v) is 7.44. The van der Waals surface area contributed by atoms with E-state index in [2.05, 4.69) is 15.3 Å². The van der Waals surface area contributed by atoms with Crippen molar-refractivity contribution in [1.29, 1.82) is 0 Å². The fourth-order valence-electron chi connectivity index (χ4n) is 5.28. The molecule has 1 N–H and O–H groups in total. The van der Waals surface area contributed by atoms with Crippen molar-refractivity contribution in [2.24, 2.45) is 9.98 Å². The zero-order valence-electron chi connectivity index (χ0n) is 23.1. The van der Waals surface area contributed by atoms with Crippen LogP contribution in [0.25, 0.3) is 0 Å². The average Bonchev–Trinajstić information content (AvgIpc) is 3.30. The van der Waals surface area contributed by atoms with Gasteiger partial charge in [-0.1, -0.05) is 6.08 Å². The van der Waals surface area contributed by atoms with Gasteiger partial charge in [-0.15, -0.1) is 0 Å². The number of fused-ring (bicyclic) bond motifs is 1. The Morgan fingerprint density at radius 3 is 2.71 bits per heavy atom. The molecule has 0 radical (unpaired) electrons. The quantitative estimate of drug-likeness (QED) is 0.373. The molecule has 0 aliphatic carbocycles. The highest BCUT2D eigenvalue weighted by Gasteiger charge is 2.46. The second-order valence-corrected chi connectivity index (χ2v) is 10.2. The fraction of sp³-hybridized carbons (Fsp3) is 0.300. The number of rotatable bonds is 7. The molecule has 3 aliphatic rings. The van der Waals surface area contributed by atoms with Crippen molar-refractivity contribution in [2.75, 3.05) is 32.6 Å². The predicted octanol–water partition coefficient (Wildman–Crippen LogP) is 4.91. The Kier molecular flexibility index (Phi) is 8.19. The van der Waals surface area contributed by atoms with Crippen LogP contribution in [0, 0.1) is 0 Å². The number of hydrogen-bond donors (Lipinski definition) is 1. The van der Waals surface area contributed by atoms with E-state index < -0.39 is 17.6 Å². The molecule has 2 unspecified atom stereocenters. The number of allylic oxidation sites excluding steroid dienone is 1. The number of aromatic nitrogens is 1. The number of nitrogens with zero attached hydrogens (tertiary/aromatic N) is 5. The van der Waals surface area contributed by atoms with Gasteiger partial charge in [0.15, 0.2) is 5.70 Å². The maximum absolute atomic E-state index is 13.1. The second kappa shape index (κ2) is 11.8. The number of amidine groups is 1. The van der Waals surface area contributed by atoms with Gasteiger partial charge in [-0.3, -0.25) is 14.6 Å². The lowest BCUT2D eigenvalue weighted by molar-refractivity contribution is -0.713. The molecule has 0 bridgehead atoms. The van der Waals surface area contributed by atoms with Gasteiger partial charge in [0.25, 0.3) is 5.91 Å². The lowest BCUT2D eigenvalue weighted by Crippen LogP contribution is -2.46. The standard InChI is InChI=1S/C30H29F3N6O3/c1-39-16-14-34-19-24(39)27(23-6-3-4-15-38(23)26(40)7-5-17-42-2)37-28(39)20-8-10-21(11-9-20)29(41)36-25-18-22(12-13-35-25)30(31,32)33/h5,7-14,16,18-19,23H,3-4,6,15,17H2,1-2H3/p+1/b7-5+. The van der Waals surface area contributed by atoms with Crippen molar-refractivity contribution < 1.29 is 32.0 Å². The van der Waals surface area contributed by atoms with Crippen molar-refractivity contribution in [3.05, 3.63) is 95.2 Å². The Hall–Kier alpha value is -4.42. The minimum atomic E-state index is -4.55. The number of halogens is 3. The number of ether oxygens (including phenoxy) is 1. The monoisotopic (exact) mass is 579 g/mol. The number of anilines is 1. The Morgan fingerprint density at radius 2 is 1.98 bits per heavy atom. The van der Waals surface area contributed by atoms with Crippen LogP contribution in [0.15, 0.2) is 88.5 Å². The zero-order chi connectivity index (χ0) is 29.9. The van der Waals surface area contributed by atoms with Gasteiger partial charge in [-0.25, -0.2) is 9.47 Å². The van der Waals surface area contributed by atoms with Crippen molar-refractivity contribution in [1.82, 2.24) is 9.88 Å². The van der Waals surface area contributed by atoms with Crippen LogP contribution in [0.2, 0.25) is 0 Å². The first-order chi connectivity index (χ1) is 20.1. The molecule has 0 saturated carbocycles. The van der Waals surface area contributed by atoms with Gasteiger partial charge in [-0.2, -0.15) is 18.2 Å². The number of hydrogen-bond acceptors (Lipinski definition) is 6. The normalized spacial score (nSPS) is 22.0. The first kappa shape index (κ1) is 29.1. The van der Waals surface area contributed by atoms with Gasteiger partial charge in [-0.05, 0) is 55.7 Å². The summed E-state index contributed by atoms with van der Waals surface area (Å²) in [6, 6.07) is 8.06. The SMILES string of the molecule is COC/C=C/C(=O)N1CCCCC1C1=C2C=NC=C[N+]2(C)C(c2ccc(C(=O)Nc3cc(C(F)(F)F)ccn3)cc2)=N1. The van der Waals surface area contributed by atoms with Crippen LogP contribution in [0.1, 0.15) is 40.7 Å². The highest BCUT2D eigenvalue weighted by molar-refractivity contribution is 6.05. The van der Waals surface area contributed by atoms with E-state index in [0.29, 0.717) is 19.0 Å². The summed E-state index contributed by atoms with van der Waals surface area (Å²) < 4.78 is 44.4. The molecule has 2 atom stereocenters. The van der Waals surface area contributed by atoms with Crippen LogP contribution in [-0.4, -0.2) is 71.6 Å². The molecule has 42 heavy (non-hydrogen) atoms. The molecule has 5 rings (SSSR count). The molecule has 1 fully saturated rings. The molecule has 2 amide bonds. The molecular weight excluding hydrogens is 549 g/mol. The Labute approximate surface area is 241 Å². The number of carbonyl (C=O) groups excluding carboxylic acids is 2. The molecule has 2 aromatic rings. The number of piperidine rings is 1. The molecule has 218 valence electrons. The third kappa shape index (κ3) is 5.81. The minimum absolute atomic E-state index is 0.100. The summed E-state index contributed by atoms with van der Waals surface area (Å²) in [5.74, 6) is -0.194. The van der Waals surface area contributed by atoms with Crippen molar-refractivity contribution in [3.63, 3.8) is 0 Å². The summed E-state index contributed by atoms with van der Waals surface area (Å²) in [6.45, 7) is 0.959. The molecule has 1 aromatic carbocycles. The fourth-order valence-corrected chi connectivity index (χ4v) is 5.28. The number of pyridine rings is 1. The first-order valence-corrected chi connectivity index (χ1v) is 13.4. The summed E-state index contributed by atoms with van der Waals surface area (Å²) in [7, 11) is 3.55. The van der Waals surface area contributed by atoms with Gasteiger partial charge in [0.05, 0.1) is 43.2 Å². The summed E-state index contributed by atoms with van der Waals surface area (Å²) in [5, 5.41) is 2.42. The van der Waals surface area contributed by atoms with Crippen LogP contribution in [-0.2, 0) is 15.7 Å². The van der Waals surface area contributed by atoms with Crippen molar-refractivity contribution in [3.8, 4) is 0 Å². The van der Waals surface area contributed by atoms with Gasteiger partial charge >= 0.3 is 6.18 Å². The molecule has 12 heteroatoms. The number of aliphatic imine (C=N–C) groups is 2. The number of methoxy groups -OCH3 is 1. The van der Waals surface area contributed by atoms with Gasteiger partial charge < -0.3 is 15.0 Å². The maximum Gasteiger partial charge on any atom is 0.416 e. The molecule has 0 spiro atoms. The van der Waals surface area contributed by atoms with E-state index in [4.69, 9.17) is 9.73 Å². The summed E-state index contributed by atoms with van der Waals surface area (Å²) in [6.07, 6.45) is 7.68. The van der Waals surface area contributed by atoms with E-state index in [0.717, 1.165) is 54.5 Å². The number of likely N-dealkylation sites (tertiary alicyclic amines) is 1. The van der Waals surface area contributed by atoms with E-state index in [1.54, 1.807) is 49.9 Å². The smallest absolute Gasteiger partial charge is 0.381 e. The zero-order valence-corrected chi connectivity index (χ0v) is 23.1. The lowest BCUT2D eigenvalue weighted by Gasteiger charge is -2.35. The highest BCUT2D eigenvalue weighted by atomic mass is 19.4. The van der Waals surface area contributed by atoms with Gasteiger partial charge in [0.1, 0.15) is 17.7 Å². The summed E-state index contributed by atoms with van der Waals surface area (Å²) in [5.41, 5.74) is 1.71. The first-order valence-electron chi connectivity index (χ1n) is 13.4. The predicted molar refractivity (Wildman–Crippen MR) is 151 cm³/mol. The summed E-state index contributed by atoms with van der Waals surface area (Å²) >= 11 is 0. The average molecular weight is 580 g/mol. The van der Waals surface area contributed by atoms with Crippen LogP contribution in [0.4, 0.5) is 19.0 Å². The van der Waals surface area contributed by atoms with Crippen LogP contribution in [0.5, 0.6) is 0 Å². The second-order valence-electron chi connectivity index (χ2n) is 10.2. The highest BCUT2D eigenvalue weighted by Crippen LogP contribution is 2.38. The molecule has 3 aliphatic heterocycles. The van der Waals surface area contributed by atoms with Crippen molar-refractivity contribution in [2.45, 2.75) is 31.5 Å². The Balaban J connectivity index is 1.41. The van der Waals surface area contributed by atoms with Crippen LogP contribution in [0.3, 0.4) is 0 Å². The number of nitrogens with one attached hydrogen (secondary N) is 1. The Morgan fingerprint density at radius 1 is 1.19 bits per heavy atom. The van der Waals surface area contributed by atoms with E-state index in [1.165, 1.54) is 6.08 Å². The molecule has 4 heterocycles. The molecule has 1 saturated heterocycles. The number of quaternary nitrogens is 1. The topological polar surface area (TPSA) is 96.2 Å². The molecule has 9 nitrogen and oxygen atoms in total. The maximum atomic E-state index is 13.1. The Bertz CT molecular complexity index is 1530. The van der Waals surface area contributed by atoms with Crippen molar-refractivity contribution >= 4 is 29.7 Å². The van der Waals surface area contributed by atoms with Crippen LogP contribution < -0.4 is 5.32 Å². The molecule has 1 aromatic heterocycles. The summed E-state index contributed by atoms with van der Waals surface area (Å²) in [4.78, 5) is 41.0. The third-order valence-electron chi connectivity index (χ3n) is 7.44. The van der Waals surface area contributed by atoms with Gasteiger partial charge in [0, 0.05) is 31.5 Å². The van der Waals surface area contributed by atoms with Crippen LogP contribution >= 0.6 is 0 Å². The van der Waals surface area contributed by atoms with Gasteiger partial charge in [0.2, 0.25) is 11.7 Å². The largest absolute Gasteiger partial charge is 0.416 e. The lowest BCUT2D eigenvalue weighted by atomic mass is 9.97. The van der Waals surface area contributed by atoms with E-state index >= 15 is 0 Å². The molecular formula is C30H30F3N6O3+. The number of alkyl halides is 3. The number of amides is 2. The number of benzene rings is 1. The van der Waals surface area contributed by atoms with E-state index in [-0.39, 0.29) is 27.8 Å². The number of carbonyl (C=O) groups is 2. The van der Waals surface area contributed by atoms with E-state index in [1.807, 2.05) is 18.1 Å². The van der Waals surface area contributed by atoms with E-state index in [9.17, 15) is 22.8 Å². The minimum Gasteiger partial charge on any atom is -0.381 e.